The van der Waals surface area contributed by atoms with Crippen LogP contribution in [-0.2, 0) is 4.79 Å². The van der Waals surface area contributed by atoms with E-state index in [1.807, 2.05) is 0 Å². The van der Waals surface area contributed by atoms with Crippen LogP contribution in [0.25, 0.3) is 10.9 Å². The first kappa shape index (κ1) is 19.2. The normalized spacial score (nSPS) is 14.3. The maximum atomic E-state index is 14.1. The van der Waals surface area contributed by atoms with Gasteiger partial charge in [0, 0.05) is 48.2 Å². The van der Waals surface area contributed by atoms with E-state index in [0.29, 0.717) is 29.1 Å². The number of halogens is 1. The first-order valence-corrected chi connectivity index (χ1v) is 9.58. The molecule has 2 aromatic carbocycles. The van der Waals surface area contributed by atoms with Gasteiger partial charge >= 0.3 is 0 Å². The van der Waals surface area contributed by atoms with Crippen molar-refractivity contribution in [2.75, 3.05) is 26.2 Å². The van der Waals surface area contributed by atoms with Gasteiger partial charge in [0.05, 0.1) is 11.1 Å². The Labute approximate surface area is 171 Å². The minimum absolute atomic E-state index is 0.0191. The summed E-state index contributed by atoms with van der Waals surface area (Å²) in [6.07, 6.45) is 1.36. The maximum absolute atomic E-state index is 14.1. The average Bonchev–Trinajstić information content (AvgIpc) is 3.18. The fourth-order valence-electron chi connectivity index (χ4n) is 3.52. The van der Waals surface area contributed by atoms with Crippen LogP contribution in [0, 0.1) is 5.82 Å². The maximum Gasteiger partial charge on any atom is 0.295 e. The molecule has 0 unspecified atom stereocenters. The van der Waals surface area contributed by atoms with Crippen molar-refractivity contribution in [3.8, 4) is 0 Å². The number of Topliss-reactive ketones (excluding diaryl/α,β-unsaturated/α-hetero) is 1. The molecule has 0 saturated carbocycles. The average molecular weight is 411 g/mol. The molecule has 4 rings (SSSR count). The molecule has 1 aliphatic heterocycles. The number of benzene rings is 2. The summed E-state index contributed by atoms with van der Waals surface area (Å²) >= 11 is 4.32. The van der Waals surface area contributed by atoms with Gasteiger partial charge in [-0.1, -0.05) is 18.2 Å². The number of amides is 2. The summed E-state index contributed by atoms with van der Waals surface area (Å²) in [6.45, 7) is 1.08. The monoisotopic (exact) mass is 411 g/mol. The van der Waals surface area contributed by atoms with E-state index in [9.17, 15) is 18.8 Å². The van der Waals surface area contributed by atoms with Gasteiger partial charge in [-0.25, -0.2) is 4.39 Å². The standard InChI is InChI=1S/C21H18FN3O3S/c22-15-5-3-6-16-18(15)14(12-23-16)19(26)21(28)25-10-8-24(9-11-25)20(27)13-4-1-2-7-17(13)29/h1-7,12,23,29H,8-11H2. The van der Waals surface area contributed by atoms with Crippen molar-refractivity contribution in [1.82, 2.24) is 14.8 Å². The largest absolute Gasteiger partial charge is 0.360 e. The summed E-state index contributed by atoms with van der Waals surface area (Å²) in [6, 6.07) is 11.4. The van der Waals surface area contributed by atoms with E-state index in [1.165, 1.54) is 23.2 Å². The van der Waals surface area contributed by atoms with Gasteiger partial charge in [-0.05, 0) is 24.3 Å². The number of hydrogen-bond acceptors (Lipinski definition) is 4. The summed E-state index contributed by atoms with van der Waals surface area (Å²) in [5.74, 6) is -2.17. The van der Waals surface area contributed by atoms with E-state index in [4.69, 9.17) is 0 Å². The topological polar surface area (TPSA) is 73.5 Å². The van der Waals surface area contributed by atoms with Crippen LogP contribution in [0.15, 0.2) is 53.6 Å². The second kappa shape index (κ2) is 7.71. The molecule has 0 atom stereocenters. The molecule has 0 radical (unpaired) electrons. The van der Waals surface area contributed by atoms with Crippen LogP contribution >= 0.6 is 12.6 Å². The number of fused-ring (bicyclic) bond motifs is 1. The number of hydrogen-bond donors (Lipinski definition) is 2. The highest BCUT2D eigenvalue weighted by molar-refractivity contribution is 7.80. The second-order valence-corrected chi connectivity index (χ2v) is 7.28. The van der Waals surface area contributed by atoms with Crippen LogP contribution in [-0.4, -0.2) is 58.6 Å². The third-order valence-electron chi connectivity index (χ3n) is 5.08. The number of rotatable bonds is 3. The van der Waals surface area contributed by atoms with Crippen molar-refractivity contribution in [1.29, 1.82) is 0 Å². The van der Waals surface area contributed by atoms with Crippen molar-refractivity contribution in [2.24, 2.45) is 0 Å². The van der Waals surface area contributed by atoms with E-state index in [1.54, 1.807) is 35.2 Å². The predicted octanol–water partition coefficient (Wildman–Crippen LogP) is 2.76. The zero-order valence-electron chi connectivity index (χ0n) is 15.4. The molecule has 1 aromatic heterocycles. The van der Waals surface area contributed by atoms with Crippen LogP contribution in [0.2, 0.25) is 0 Å². The molecule has 8 heteroatoms. The first-order valence-electron chi connectivity index (χ1n) is 9.14. The molecule has 1 fully saturated rings. The lowest BCUT2D eigenvalue weighted by atomic mass is 10.1. The summed E-state index contributed by atoms with van der Waals surface area (Å²) in [5, 5.41) is 0.116. The van der Waals surface area contributed by atoms with Crippen molar-refractivity contribution in [2.45, 2.75) is 4.90 Å². The Bertz CT molecular complexity index is 1120. The van der Waals surface area contributed by atoms with E-state index in [-0.39, 0.29) is 29.9 Å². The molecule has 0 bridgehead atoms. The van der Waals surface area contributed by atoms with Gasteiger partial charge < -0.3 is 14.8 Å². The van der Waals surface area contributed by atoms with Crippen molar-refractivity contribution < 1.29 is 18.8 Å². The molecule has 148 valence electrons. The number of aromatic nitrogens is 1. The van der Waals surface area contributed by atoms with Gasteiger partial charge in [0.2, 0.25) is 0 Å². The Kier molecular flexibility index (Phi) is 5.10. The number of carbonyl (C=O) groups excluding carboxylic acids is 3. The highest BCUT2D eigenvalue weighted by Crippen LogP contribution is 2.23. The van der Waals surface area contributed by atoms with Crippen LogP contribution < -0.4 is 0 Å². The Morgan fingerprint density at radius 1 is 0.897 bits per heavy atom. The van der Waals surface area contributed by atoms with E-state index in [2.05, 4.69) is 17.6 Å². The SMILES string of the molecule is O=C(C(=O)N1CCN(C(=O)c2ccccc2S)CC1)c1c[nH]c2cccc(F)c12. The number of carbonyl (C=O) groups is 3. The van der Waals surface area contributed by atoms with Gasteiger partial charge in [-0.2, -0.15) is 0 Å². The van der Waals surface area contributed by atoms with Gasteiger partial charge in [-0.15, -0.1) is 12.6 Å². The van der Waals surface area contributed by atoms with Crippen molar-refractivity contribution in [3.63, 3.8) is 0 Å². The van der Waals surface area contributed by atoms with Crippen LogP contribution in [0.4, 0.5) is 4.39 Å². The number of nitrogens with zero attached hydrogens (tertiary/aromatic N) is 2. The van der Waals surface area contributed by atoms with E-state index < -0.39 is 17.5 Å². The van der Waals surface area contributed by atoms with Crippen molar-refractivity contribution >= 4 is 41.1 Å². The van der Waals surface area contributed by atoms with Gasteiger partial charge in [0.25, 0.3) is 17.6 Å². The molecule has 1 N–H and O–H groups in total. The van der Waals surface area contributed by atoms with E-state index >= 15 is 0 Å². The van der Waals surface area contributed by atoms with Gasteiger partial charge in [0.1, 0.15) is 5.82 Å². The number of ketones is 1. The lowest BCUT2D eigenvalue weighted by Gasteiger charge is -2.34. The molecule has 1 aliphatic rings. The lowest BCUT2D eigenvalue weighted by Crippen LogP contribution is -2.52. The molecule has 1 saturated heterocycles. The minimum atomic E-state index is -0.762. The molecule has 0 aliphatic carbocycles. The fourth-order valence-corrected chi connectivity index (χ4v) is 3.77. The zero-order valence-corrected chi connectivity index (χ0v) is 16.3. The second-order valence-electron chi connectivity index (χ2n) is 6.80. The van der Waals surface area contributed by atoms with E-state index in [0.717, 1.165) is 0 Å². The Morgan fingerprint density at radius 3 is 2.31 bits per heavy atom. The minimum Gasteiger partial charge on any atom is -0.360 e. The van der Waals surface area contributed by atoms with Gasteiger partial charge in [-0.3, -0.25) is 14.4 Å². The molecule has 29 heavy (non-hydrogen) atoms. The number of nitrogens with one attached hydrogen (secondary N) is 1. The quantitative estimate of drug-likeness (QED) is 0.395. The Morgan fingerprint density at radius 2 is 1.59 bits per heavy atom. The molecular formula is C21H18FN3O3S. The Hall–Kier alpha value is -3.13. The number of thiol groups is 1. The van der Waals surface area contributed by atoms with Crippen molar-refractivity contribution in [3.05, 3.63) is 65.6 Å². The zero-order chi connectivity index (χ0) is 20.5. The summed E-state index contributed by atoms with van der Waals surface area (Å²) in [7, 11) is 0. The lowest BCUT2D eigenvalue weighted by molar-refractivity contribution is -0.127. The summed E-state index contributed by atoms with van der Waals surface area (Å²) in [4.78, 5) is 44.5. The summed E-state index contributed by atoms with van der Waals surface area (Å²) < 4.78 is 14.1. The smallest absolute Gasteiger partial charge is 0.295 e. The van der Waals surface area contributed by atoms with Crippen LogP contribution in [0.5, 0.6) is 0 Å². The summed E-state index contributed by atoms with van der Waals surface area (Å²) in [5.41, 5.74) is 0.980. The third-order valence-corrected chi connectivity index (χ3v) is 5.47. The molecule has 0 spiro atoms. The highest BCUT2D eigenvalue weighted by atomic mass is 32.1. The van der Waals surface area contributed by atoms with Gasteiger partial charge in [0.15, 0.2) is 0 Å². The fraction of sp³-hybridized carbons (Fsp3) is 0.190. The first-order chi connectivity index (χ1) is 14.0. The Balaban J connectivity index is 1.46. The molecular weight excluding hydrogens is 393 g/mol. The number of H-pyrrole nitrogens is 1. The molecule has 6 nitrogen and oxygen atoms in total. The third kappa shape index (κ3) is 3.51. The molecule has 3 aromatic rings. The molecule has 2 amide bonds. The number of aromatic amines is 1. The highest BCUT2D eigenvalue weighted by Gasteiger charge is 2.30. The predicted molar refractivity (Wildman–Crippen MR) is 109 cm³/mol. The number of piperazine rings is 1. The van der Waals surface area contributed by atoms with Crippen LogP contribution in [0.1, 0.15) is 20.7 Å². The van der Waals surface area contributed by atoms with Crippen LogP contribution in [0.3, 0.4) is 0 Å². The molecule has 2 heterocycles.